The molecule has 1 aromatic carbocycles. The second kappa shape index (κ2) is 5.27. The van der Waals surface area contributed by atoms with Crippen LogP contribution in [0.15, 0.2) is 54.7 Å². The third-order valence-corrected chi connectivity index (χ3v) is 2.61. The predicted octanol–water partition coefficient (Wildman–Crippen LogP) is 2.22. The molecule has 1 heterocycles. The van der Waals surface area contributed by atoms with Gasteiger partial charge in [0.25, 0.3) is 5.82 Å². The Hall–Kier alpha value is -2.42. The van der Waals surface area contributed by atoms with Crippen LogP contribution in [-0.2, 0) is 0 Å². The summed E-state index contributed by atoms with van der Waals surface area (Å²) in [5, 5.41) is 0. The number of rotatable bonds is 3. The summed E-state index contributed by atoms with van der Waals surface area (Å²) >= 11 is 0. The highest BCUT2D eigenvalue weighted by Gasteiger charge is 2.03. The number of nitrogens with two attached hydrogens (primary N) is 1. The zero-order valence-corrected chi connectivity index (χ0v) is 10.2. The highest BCUT2D eigenvalue weighted by molar-refractivity contribution is 6.05. The summed E-state index contributed by atoms with van der Waals surface area (Å²) in [6.45, 7) is 1.96. The van der Waals surface area contributed by atoms with Crippen LogP contribution in [0.3, 0.4) is 0 Å². The molecule has 1 aromatic heterocycles. The topological polar surface area (TPSA) is 47.0 Å². The number of carbonyl (C=O) groups is 1. The molecule has 0 aliphatic rings. The number of nitrogens with zero attached hydrogens (tertiary/aromatic N) is 1. The molecule has 0 saturated heterocycles. The van der Waals surface area contributed by atoms with E-state index in [0.29, 0.717) is 11.4 Å². The largest absolute Gasteiger partial charge is 0.289 e. The van der Waals surface area contributed by atoms with Gasteiger partial charge >= 0.3 is 0 Å². The molecule has 2 aromatic rings. The summed E-state index contributed by atoms with van der Waals surface area (Å²) < 4.78 is 1.70. The number of pyridine rings is 1. The SMILES string of the molecule is Cc1cccc(C(=O)/C=C/[n+]2ccccc2N)c1. The van der Waals surface area contributed by atoms with E-state index in [0.717, 1.165) is 5.56 Å². The Morgan fingerprint density at radius 3 is 2.78 bits per heavy atom. The van der Waals surface area contributed by atoms with Crippen LogP contribution in [0.25, 0.3) is 6.20 Å². The second-order valence-electron chi connectivity index (χ2n) is 4.08. The molecule has 0 saturated carbocycles. The molecule has 0 fully saturated rings. The van der Waals surface area contributed by atoms with Crippen molar-refractivity contribution in [1.82, 2.24) is 0 Å². The van der Waals surface area contributed by atoms with Gasteiger partial charge in [-0.3, -0.25) is 10.5 Å². The number of hydrogen-bond acceptors (Lipinski definition) is 2. The van der Waals surface area contributed by atoms with Gasteiger partial charge in [0, 0.05) is 17.7 Å². The molecule has 0 atom stereocenters. The van der Waals surface area contributed by atoms with Crippen molar-refractivity contribution >= 4 is 17.8 Å². The van der Waals surface area contributed by atoms with E-state index in [1.807, 2.05) is 37.3 Å². The van der Waals surface area contributed by atoms with E-state index in [-0.39, 0.29) is 5.78 Å². The van der Waals surface area contributed by atoms with Crippen LogP contribution >= 0.6 is 0 Å². The van der Waals surface area contributed by atoms with Crippen molar-refractivity contribution < 1.29 is 9.36 Å². The number of hydrogen-bond donors (Lipinski definition) is 1. The fourth-order valence-corrected chi connectivity index (χ4v) is 1.65. The first kappa shape index (κ1) is 12.0. The molecule has 0 aliphatic carbocycles. The maximum Gasteiger partial charge on any atom is 0.276 e. The Morgan fingerprint density at radius 1 is 1.22 bits per heavy atom. The van der Waals surface area contributed by atoms with Crippen molar-refractivity contribution in [3.8, 4) is 0 Å². The van der Waals surface area contributed by atoms with E-state index in [1.165, 1.54) is 6.08 Å². The quantitative estimate of drug-likeness (QED) is 0.507. The first-order chi connectivity index (χ1) is 8.66. The standard InChI is InChI=1S/C15H14N2O/c1-12-5-4-6-13(11-12)14(18)8-10-17-9-3-2-7-15(17)16/h2-11,16H,1H3/p+1/b10-8+. The normalized spacial score (nSPS) is 10.7. The average molecular weight is 239 g/mol. The van der Waals surface area contributed by atoms with Crippen LogP contribution in [0.4, 0.5) is 5.82 Å². The van der Waals surface area contributed by atoms with Crippen LogP contribution in [0.1, 0.15) is 15.9 Å². The van der Waals surface area contributed by atoms with Gasteiger partial charge in [0.05, 0.1) is 12.4 Å². The number of ketones is 1. The Bertz CT molecular complexity index is 603. The van der Waals surface area contributed by atoms with Gasteiger partial charge < -0.3 is 0 Å². The summed E-state index contributed by atoms with van der Waals surface area (Å²) in [6.07, 6.45) is 4.99. The van der Waals surface area contributed by atoms with Crippen LogP contribution < -0.4 is 10.3 Å². The Kier molecular flexibility index (Phi) is 3.53. The average Bonchev–Trinajstić information content (AvgIpc) is 2.37. The summed E-state index contributed by atoms with van der Waals surface area (Å²) in [6, 6.07) is 13.0. The first-order valence-corrected chi connectivity index (χ1v) is 5.71. The first-order valence-electron chi connectivity index (χ1n) is 5.71. The van der Waals surface area contributed by atoms with Crippen LogP contribution in [0.5, 0.6) is 0 Å². The smallest absolute Gasteiger partial charge is 0.276 e. The van der Waals surface area contributed by atoms with Crippen LogP contribution in [-0.4, -0.2) is 5.78 Å². The van der Waals surface area contributed by atoms with Crippen molar-refractivity contribution in [1.29, 1.82) is 0 Å². The molecule has 0 bridgehead atoms. The Labute approximate surface area is 106 Å². The Morgan fingerprint density at radius 2 is 2.06 bits per heavy atom. The summed E-state index contributed by atoms with van der Waals surface area (Å²) in [4.78, 5) is 11.9. The van der Waals surface area contributed by atoms with Gasteiger partial charge in [-0.25, -0.2) is 4.57 Å². The predicted molar refractivity (Wildman–Crippen MR) is 71.9 cm³/mol. The minimum absolute atomic E-state index is 0.0329. The monoisotopic (exact) mass is 239 g/mol. The highest BCUT2D eigenvalue weighted by Crippen LogP contribution is 2.05. The van der Waals surface area contributed by atoms with Crippen molar-refractivity contribution in [3.05, 3.63) is 65.9 Å². The van der Waals surface area contributed by atoms with Gasteiger partial charge in [0.1, 0.15) is 0 Å². The zero-order chi connectivity index (χ0) is 13.0. The van der Waals surface area contributed by atoms with Gasteiger partial charge in [0.15, 0.2) is 5.78 Å². The molecule has 2 N–H and O–H groups in total. The summed E-state index contributed by atoms with van der Waals surface area (Å²) in [5.74, 6) is 0.556. The lowest BCUT2D eigenvalue weighted by atomic mass is 10.1. The molecule has 18 heavy (non-hydrogen) atoms. The molecule has 2 rings (SSSR count). The molecule has 0 amide bonds. The fraction of sp³-hybridized carbons (Fsp3) is 0.0667. The van der Waals surface area contributed by atoms with Gasteiger partial charge in [-0.05, 0) is 19.1 Å². The number of allylic oxidation sites excluding steroid dienone is 1. The number of nitrogen functional groups attached to an aromatic ring is 1. The third kappa shape index (κ3) is 2.83. The second-order valence-corrected chi connectivity index (χ2v) is 4.08. The van der Waals surface area contributed by atoms with Crippen molar-refractivity contribution in [2.75, 3.05) is 5.73 Å². The number of anilines is 1. The minimum Gasteiger partial charge on any atom is -0.289 e. The molecule has 0 unspecified atom stereocenters. The van der Waals surface area contributed by atoms with Gasteiger partial charge in [0.2, 0.25) is 0 Å². The van der Waals surface area contributed by atoms with E-state index in [4.69, 9.17) is 5.73 Å². The van der Waals surface area contributed by atoms with Gasteiger partial charge in [-0.15, -0.1) is 0 Å². The molecular weight excluding hydrogens is 224 g/mol. The zero-order valence-electron chi connectivity index (χ0n) is 10.2. The number of benzene rings is 1. The highest BCUT2D eigenvalue weighted by atomic mass is 16.1. The summed E-state index contributed by atoms with van der Waals surface area (Å²) in [5.41, 5.74) is 7.52. The number of aryl methyl sites for hydroxylation is 1. The summed E-state index contributed by atoms with van der Waals surface area (Å²) in [7, 11) is 0. The molecule has 90 valence electrons. The van der Waals surface area contributed by atoms with E-state index in [1.54, 1.807) is 29.1 Å². The molecule has 3 nitrogen and oxygen atoms in total. The van der Waals surface area contributed by atoms with Crippen molar-refractivity contribution in [3.63, 3.8) is 0 Å². The Balaban J connectivity index is 2.20. The van der Waals surface area contributed by atoms with Crippen LogP contribution in [0, 0.1) is 6.92 Å². The minimum atomic E-state index is -0.0329. The van der Waals surface area contributed by atoms with E-state index < -0.39 is 0 Å². The number of aromatic nitrogens is 1. The maximum atomic E-state index is 11.9. The van der Waals surface area contributed by atoms with Crippen molar-refractivity contribution in [2.45, 2.75) is 6.92 Å². The maximum absolute atomic E-state index is 11.9. The van der Waals surface area contributed by atoms with E-state index >= 15 is 0 Å². The molecule has 0 aliphatic heterocycles. The lowest BCUT2D eigenvalue weighted by Gasteiger charge is -1.98. The number of carbonyl (C=O) groups excluding carboxylic acids is 1. The van der Waals surface area contributed by atoms with E-state index in [9.17, 15) is 4.79 Å². The van der Waals surface area contributed by atoms with Gasteiger partial charge in [-0.2, -0.15) is 0 Å². The van der Waals surface area contributed by atoms with Crippen LogP contribution in [0.2, 0.25) is 0 Å². The molecule has 0 spiro atoms. The van der Waals surface area contributed by atoms with E-state index in [2.05, 4.69) is 0 Å². The lowest BCUT2D eigenvalue weighted by Crippen LogP contribution is -2.29. The third-order valence-electron chi connectivity index (χ3n) is 2.61. The molecule has 0 radical (unpaired) electrons. The lowest BCUT2D eigenvalue weighted by molar-refractivity contribution is -0.552. The van der Waals surface area contributed by atoms with Gasteiger partial charge in [-0.1, -0.05) is 29.8 Å². The van der Waals surface area contributed by atoms with Crippen molar-refractivity contribution in [2.24, 2.45) is 0 Å². The molecule has 3 heteroatoms. The fourth-order valence-electron chi connectivity index (χ4n) is 1.65. The molecular formula is C15H15N2O+.